The summed E-state index contributed by atoms with van der Waals surface area (Å²) in [4.78, 5) is 21.0. The van der Waals surface area contributed by atoms with E-state index in [0.717, 1.165) is 17.0 Å². The molecule has 0 unspecified atom stereocenters. The molecule has 0 aliphatic carbocycles. The van der Waals surface area contributed by atoms with E-state index in [4.69, 9.17) is 9.47 Å². The highest BCUT2D eigenvalue weighted by Crippen LogP contribution is 2.25. The lowest BCUT2D eigenvalue weighted by Crippen LogP contribution is -2.15. The normalized spacial score (nSPS) is 10.2. The Labute approximate surface area is 157 Å². The number of methoxy groups -OCH3 is 2. The van der Waals surface area contributed by atoms with E-state index in [2.05, 4.69) is 20.6 Å². The Morgan fingerprint density at radius 2 is 1.78 bits per heavy atom. The maximum absolute atomic E-state index is 12.6. The third kappa shape index (κ3) is 4.52. The van der Waals surface area contributed by atoms with Gasteiger partial charge in [0.25, 0.3) is 5.91 Å². The first-order chi connectivity index (χ1) is 13.1. The van der Waals surface area contributed by atoms with Crippen molar-refractivity contribution in [2.45, 2.75) is 6.92 Å². The first-order valence-corrected chi connectivity index (χ1v) is 8.29. The van der Waals surface area contributed by atoms with E-state index in [1.807, 2.05) is 49.4 Å². The first kappa shape index (κ1) is 18.2. The van der Waals surface area contributed by atoms with Gasteiger partial charge >= 0.3 is 0 Å². The molecule has 1 heterocycles. The summed E-state index contributed by atoms with van der Waals surface area (Å²) in [5, 5.41) is 5.89. The Bertz CT molecular complexity index is 942. The minimum Gasteiger partial charge on any atom is -0.497 e. The van der Waals surface area contributed by atoms with Gasteiger partial charge in [0, 0.05) is 11.9 Å². The molecule has 0 saturated carbocycles. The first-order valence-electron chi connectivity index (χ1n) is 8.29. The molecule has 0 radical (unpaired) electrons. The van der Waals surface area contributed by atoms with Crippen molar-refractivity contribution >= 4 is 23.2 Å². The minimum atomic E-state index is -0.348. The van der Waals surface area contributed by atoms with Gasteiger partial charge < -0.3 is 20.1 Å². The number of anilines is 3. The van der Waals surface area contributed by atoms with Gasteiger partial charge in [0.1, 0.15) is 17.2 Å². The van der Waals surface area contributed by atoms with Crippen LogP contribution in [-0.4, -0.2) is 30.1 Å². The van der Waals surface area contributed by atoms with Crippen LogP contribution in [0, 0.1) is 6.92 Å². The number of hydrogen-bond acceptors (Lipinski definition) is 6. The molecule has 0 fully saturated rings. The fraction of sp³-hybridized carbons (Fsp3) is 0.150. The van der Waals surface area contributed by atoms with E-state index in [9.17, 15) is 4.79 Å². The van der Waals surface area contributed by atoms with E-state index < -0.39 is 0 Å². The van der Waals surface area contributed by atoms with Crippen molar-refractivity contribution < 1.29 is 14.3 Å². The highest BCUT2D eigenvalue weighted by atomic mass is 16.5. The summed E-state index contributed by atoms with van der Waals surface area (Å²) in [6.45, 7) is 1.94. The molecule has 0 aliphatic rings. The molecule has 2 N–H and O–H groups in total. The highest BCUT2D eigenvalue weighted by molar-refractivity contribution is 6.03. The second-order valence-corrected chi connectivity index (χ2v) is 5.78. The fourth-order valence-electron chi connectivity index (χ4n) is 2.45. The number of aromatic nitrogens is 2. The Kier molecular flexibility index (Phi) is 5.51. The van der Waals surface area contributed by atoms with Crippen LogP contribution in [0.4, 0.5) is 17.3 Å². The van der Waals surface area contributed by atoms with Crippen LogP contribution in [0.3, 0.4) is 0 Å². The molecule has 3 rings (SSSR count). The van der Waals surface area contributed by atoms with Crippen LogP contribution in [0.15, 0.2) is 54.7 Å². The SMILES string of the molecule is COc1ccc(Nc2nccc(C(=O)Nc3cc(C)ccc3OC)n2)cc1. The maximum Gasteiger partial charge on any atom is 0.274 e. The van der Waals surface area contributed by atoms with Crippen LogP contribution in [0.5, 0.6) is 11.5 Å². The Hall–Kier alpha value is -3.61. The smallest absolute Gasteiger partial charge is 0.274 e. The summed E-state index contributed by atoms with van der Waals surface area (Å²) in [5.74, 6) is 1.31. The summed E-state index contributed by atoms with van der Waals surface area (Å²) in [7, 11) is 3.17. The van der Waals surface area contributed by atoms with Gasteiger partial charge in [-0.05, 0) is 55.0 Å². The fourth-order valence-corrected chi connectivity index (χ4v) is 2.45. The van der Waals surface area contributed by atoms with Gasteiger partial charge in [-0.1, -0.05) is 6.07 Å². The van der Waals surface area contributed by atoms with Crippen LogP contribution in [0.2, 0.25) is 0 Å². The molecule has 0 saturated heterocycles. The number of aryl methyl sites for hydroxylation is 1. The molecule has 1 aromatic heterocycles. The summed E-state index contributed by atoms with van der Waals surface area (Å²) in [5.41, 5.74) is 2.62. The molecule has 0 aliphatic heterocycles. The van der Waals surface area contributed by atoms with Crippen molar-refractivity contribution in [2.75, 3.05) is 24.9 Å². The van der Waals surface area contributed by atoms with Crippen LogP contribution in [0.1, 0.15) is 16.1 Å². The largest absolute Gasteiger partial charge is 0.497 e. The monoisotopic (exact) mass is 364 g/mol. The number of carbonyl (C=O) groups is 1. The number of nitrogens with one attached hydrogen (secondary N) is 2. The van der Waals surface area contributed by atoms with Crippen molar-refractivity contribution in [1.82, 2.24) is 9.97 Å². The maximum atomic E-state index is 12.6. The number of rotatable bonds is 6. The number of ether oxygens (including phenoxy) is 2. The number of nitrogens with zero attached hydrogens (tertiary/aromatic N) is 2. The zero-order valence-corrected chi connectivity index (χ0v) is 15.3. The summed E-state index contributed by atoms with van der Waals surface area (Å²) in [6.07, 6.45) is 1.53. The molecule has 7 nitrogen and oxygen atoms in total. The summed E-state index contributed by atoms with van der Waals surface area (Å²) in [6, 6.07) is 14.4. The average molecular weight is 364 g/mol. The minimum absolute atomic E-state index is 0.240. The van der Waals surface area contributed by atoms with Crippen LogP contribution < -0.4 is 20.1 Å². The summed E-state index contributed by atoms with van der Waals surface area (Å²) < 4.78 is 10.4. The number of benzene rings is 2. The average Bonchev–Trinajstić information content (AvgIpc) is 2.69. The van der Waals surface area contributed by atoms with E-state index in [0.29, 0.717) is 17.4 Å². The van der Waals surface area contributed by atoms with Gasteiger partial charge in [0.15, 0.2) is 0 Å². The lowest BCUT2D eigenvalue weighted by molar-refractivity contribution is 0.102. The molecule has 0 bridgehead atoms. The van der Waals surface area contributed by atoms with Crippen LogP contribution in [-0.2, 0) is 0 Å². The third-order valence-electron chi connectivity index (χ3n) is 3.84. The molecule has 0 spiro atoms. The number of hydrogen-bond donors (Lipinski definition) is 2. The van der Waals surface area contributed by atoms with Gasteiger partial charge in [-0.25, -0.2) is 9.97 Å². The molecule has 138 valence electrons. The van der Waals surface area contributed by atoms with Crippen molar-refractivity contribution in [3.8, 4) is 11.5 Å². The lowest BCUT2D eigenvalue weighted by Gasteiger charge is -2.11. The van der Waals surface area contributed by atoms with Crippen molar-refractivity contribution in [1.29, 1.82) is 0 Å². The molecule has 7 heteroatoms. The Balaban J connectivity index is 1.76. The molecule has 27 heavy (non-hydrogen) atoms. The van der Waals surface area contributed by atoms with Crippen molar-refractivity contribution in [2.24, 2.45) is 0 Å². The summed E-state index contributed by atoms with van der Waals surface area (Å²) >= 11 is 0. The molecule has 2 aromatic carbocycles. The van der Waals surface area contributed by atoms with Gasteiger partial charge in [-0.3, -0.25) is 4.79 Å². The van der Waals surface area contributed by atoms with Crippen molar-refractivity contribution in [3.05, 3.63) is 66.0 Å². The lowest BCUT2D eigenvalue weighted by atomic mass is 10.2. The second-order valence-electron chi connectivity index (χ2n) is 5.78. The number of amides is 1. The van der Waals surface area contributed by atoms with Gasteiger partial charge in [-0.15, -0.1) is 0 Å². The quantitative estimate of drug-likeness (QED) is 0.692. The zero-order valence-electron chi connectivity index (χ0n) is 15.3. The predicted molar refractivity (Wildman–Crippen MR) is 104 cm³/mol. The number of carbonyl (C=O) groups excluding carboxylic acids is 1. The van der Waals surface area contributed by atoms with Gasteiger partial charge in [0.05, 0.1) is 19.9 Å². The van der Waals surface area contributed by atoms with E-state index in [1.165, 1.54) is 6.20 Å². The highest BCUT2D eigenvalue weighted by Gasteiger charge is 2.12. The van der Waals surface area contributed by atoms with Gasteiger partial charge in [0.2, 0.25) is 5.95 Å². The van der Waals surface area contributed by atoms with Crippen LogP contribution >= 0.6 is 0 Å². The molecular formula is C20H20N4O3. The molecular weight excluding hydrogens is 344 g/mol. The molecule has 1 amide bonds. The molecule has 0 atom stereocenters. The third-order valence-corrected chi connectivity index (χ3v) is 3.84. The second kappa shape index (κ2) is 8.18. The van der Waals surface area contributed by atoms with Crippen molar-refractivity contribution in [3.63, 3.8) is 0 Å². The zero-order chi connectivity index (χ0) is 19.2. The van der Waals surface area contributed by atoms with Gasteiger partial charge in [-0.2, -0.15) is 0 Å². The van der Waals surface area contributed by atoms with E-state index in [1.54, 1.807) is 20.3 Å². The Morgan fingerprint density at radius 1 is 1.00 bits per heavy atom. The molecule has 3 aromatic rings. The Morgan fingerprint density at radius 3 is 2.48 bits per heavy atom. The van der Waals surface area contributed by atoms with E-state index >= 15 is 0 Å². The predicted octanol–water partition coefficient (Wildman–Crippen LogP) is 3.80. The topological polar surface area (TPSA) is 85.4 Å². The standard InChI is InChI=1S/C20H20N4O3/c1-13-4-9-18(27-3)17(12-13)23-19(25)16-10-11-21-20(24-16)22-14-5-7-15(26-2)8-6-14/h4-12H,1-3H3,(H,23,25)(H,21,22,24). The van der Waals surface area contributed by atoms with Crippen LogP contribution in [0.25, 0.3) is 0 Å². The van der Waals surface area contributed by atoms with E-state index in [-0.39, 0.29) is 11.6 Å².